The van der Waals surface area contributed by atoms with E-state index in [9.17, 15) is 5.11 Å². The molecule has 1 heterocycles. The normalized spacial score (nSPS) is 12.3. The molecule has 0 saturated carbocycles. The fourth-order valence-electron chi connectivity index (χ4n) is 1.65. The molecule has 1 aromatic heterocycles. The minimum atomic E-state index is -0.865. The van der Waals surface area contributed by atoms with Gasteiger partial charge in [-0.25, -0.2) is 0 Å². The minimum absolute atomic E-state index is 0.724. The van der Waals surface area contributed by atoms with Gasteiger partial charge in [-0.2, -0.15) is 0 Å². The Hall–Kier alpha value is -1.35. The molecule has 0 unspecified atom stereocenters. The van der Waals surface area contributed by atoms with Crippen molar-refractivity contribution in [1.29, 1.82) is 0 Å². The Bertz CT molecular complexity index is 466. The summed E-state index contributed by atoms with van der Waals surface area (Å²) in [6, 6.07) is 5.61. The lowest BCUT2D eigenvalue weighted by Gasteiger charge is -2.18. The second-order valence-corrected chi connectivity index (χ2v) is 4.01. The van der Waals surface area contributed by atoms with Crippen LogP contribution in [0.3, 0.4) is 0 Å². The van der Waals surface area contributed by atoms with Gasteiger partial charge >= 0.3 is 0 Å². The first-order valence-electron chi connectivity index (χ1n) is 4.58. The van der Waals surface area contributed by atoms with Crippen molar-refractivity contribution in [3.05, 3.63) is 29.5 Å². The fourth-order valence-corrected chi connectivity index (χ4v) is 1.65. The van der Waals surface area contributed by atoms with Crippen LogP contribution in [0.1, 0.15) is 25.1 Å². The molecule has 1 aromatic carbocycles. The van der Waals surface area contributed by atoms with Crippen LogP contribution < -0.4 is 0 Å². The van der Waals surface area contributed by atoms with Gasteiger partial charge in [-0.05, 0) is 32.4 Å². The molecule has 0 atom stereocenters. The number of rotatable bonds is 1. The van der Waals surface area contributed by atoms with Gasteiger partial charge < -0.3 is 9.63 Å². The monoisotopic (exact) mass is 191 g/mol. The predicted octanol–water partition coefficient (Wildman–Crippen LogP) is 2.36. The standard InChI is InChI=1S/C11H13NO2/c1-7-10-8(11(2,3)13)5-4-6-9(10)14-12-7/h4-6,13H,1-3H3. The zero-order valence-corrected chi connectivity index (χ0v) is 8.53. The molecule has 0 aliphatic heterocycles. The molecule has 14 heavy (non-hydrogen) atoms. The first-order valence-corrected chi connectivity index (χ1v) is 4.58. The number of aromatic nitrogens is 1. The van der Waals surface area contributed by atoms with E-state index in [0.717, 1.165) is 22.2 Å². The van der Waals surface area contributed by atoms with Crippen molar-refractivity contribution in [3.8, 4) is 0 Å². The van der Waals surface area contributed by atoms with Crippen LogP contribution >= 0.6 is 0 Å². The Morgan fingerprint density at radius 1 is 1.36 bits per heavy atom. The maximum absolute atomic E-state index is 9.96. The summed E-state index contributed by atoms with van der Waals surface area (Å²) in [6.07, 6.45) is 0. The van der Waals surface area contributed by atoms with E-state index in [1.807, 2.05) is 25.1 Å². The van der Waals surface area contributed by atoms with E-state index >= 15 is 0 Å². The summed E-state index contributed by atoms with van der Waals surface area (Å²) < 4.78 is 5.12. The summed E-state index contributed by atoms with van der Waals surface area (Å²) in [4.78, 5) is 0. The third kappa shape index (κ3) is 1.30. The topological polar surface area (TPSA) is 46.3 Å². The molecule has 0 fully saturated rings. The van der Waals surface area contributed by atoms with Crippen LogP contribution in [0.2, 0.25) is 0 Å². The predicted molar refractivity (Wildman–Crippen MR) is 54.0 cm³/mol. The highest BCUT2D eigenvalue weighted by atomic mass is 16.5. The maximum atomic E-state index is 9.96. The van der Waals surface area contributed by atoms with Crippen LogP contribution in [0.4, 0.5) is 0 Å². The lowest BCUT2D eigenvalue weighted by Crippen LogP contribution is -2.15. The number of fused-ring (bicyclic) bond motifs is 1. The Kier molecular flexibility index (Phi) is 1.86. The number of aryl methyl sites for hydroxylation is 1. The number of hydrogen-bond donors (Lipinski definition) is 1. The molecule has 3 nitrogen and oxygen atoms in total. The number of hydrogen-bond acceptors (Lipinski definition) is 3. The molecule has 0 aliphatic rings. The van der Waals surface area contributed by atoms with Gasteiger partial charge in [-0.1, -0.05) is 17.3 Å². The number of benzene rings is 1. The Balaban J connectivity index is 2.82. The fraction of sp³-hybridized carbons (Fsp3) is 0.364. The summed E-state index contributed by atoms with van der Waals surface area (Å²) in [5.41, 5.74) is 1.53. The number of aliphatic hydroxyl groups is 1. The maximum Gasteiger partial charge on any atom is 0.167 e. The van der Waals surface area contributed by atoms with E-state index in [2.05, 4.69) is 5.16 Å². The molecule has 0 bridgehead atoms. The molecular weight excluding hydrogens is 178 g/mol. The van der Waals surface area contributed by atoms with Gasteiger partial charge in [0.1, 0.15) is 0 Å². The lowest BCUT2D eigenvalue weighted by molar-refractivity contribution is 0.0801. The van der Waals surface area contributed by atoms with Gasteiger partial charge in [0.05, 0.1) is 16.7 Å². The van der Waals surface area contributed by atoms with E-state index in [1.54, 1.807) is 13.8 Å². The lowest BCUT2D eigenvalue weighted by atomic mass is 9.94. The summed E-state index contributed by atoms with van der Waals surface area (Å²) in [6.45, 7) is 5.39. The van der Waals surface area contributed by atoms with Crippen LogP contribution in [-0.2, 0) is 5.60 Å². The van der Waals surface area contributed by atoms with Crippen LogP contribution in [-0.4, -0.2) is 10.3 Å². The van der Waals surface area contributed by atoms with Crippen LogP contribution in [0.25, 0.3) is 11.0 Å². The molecule has 2 rings (SSSR count). The largest absolute Gasteiger partial charge is 0.386 e. The summed E-state index contributed by atoms with van der Waals surface area (Å²) in [7, 11) is 0. The third-order valence-electron chi connectivity index (χ3n) is 2.33. The number of nitrogens with zero attached hydrogens (tertiary/aromatic N) is 1. The van der Waals surface area contributed by atoms with E-state index in [4.69, 9.17) is 4.52 Å². The van der Waals surface area contributed by atoms with Crippen molar-refractivity contribution in [2.45, 2.75) is 26.4 Å². The van der Waals surface area contributed by atoms with E-state index in [1.165, 1.54) is 0 Å². The highest BCUT2D eigenvalue weighted by molar-refractivity contribution is 5.83. The first-order chi connectivity index (χ1) is 6.50. The van der Waals surface area contributed by atoms with Crippen molar-refractivity contribution in [1.82, 2.24) is 5.16 Å². The van der Waals surface area contributed by atoms with Gasteiger partial charge in [-0.15, -0.1) is 0 Å². The van der Waals surface area contributed by atoms with Crippen LogP contribution in [0, 0.1) is 6.92 Å². The van der Waals surface area contributed by atoms with Gasteiger partial charge in [0.2, 0.25) is 0 Å². The van der Waals surface area contributed by atoms with Gasteiger partial charge in [0.25, 0.3) is 0 Å². The first kappa shape index (κ1) is 9.21. The molecule has 0 aliphatic carbocycles. The van der Waals surface area contributed by atoms with Crippen molar-refractivity contribution in [2.75, 3.05) is 0 Å². The Morgan fingerprint density at radius 3 is 2.71 bits per heavy atom. The Labute approximate surface area is 82.3 Å². The Morgan fingerprint density at radius 2 is 2.07 bits per heavy atom. The molecular formula is C11H13NO2. The average molecular weight is 191 g/mol. The molecule has 0 spiro atoms. The van der Waals surface area contributed by atoms with Gasteiger partial charge in [0, 0.05) is 0 Å². The van der Waals surface area contributed by atoms with Crippen LogP contribution in [0.5, 0.6) is 0 Å². The zero-order chi connectivity index (χ0) is 10.3. The molecule has 0 amide bonds. The van der Waals surface area contributed by atoms with Crippen molar-refractivity contribution in [2.24, 2.45) is 0 Å². The second-order valence-electron chi connectivity index (χ2n) is 4.01. The van der Waals surface area contributed by atoms with E-state index in [0.29, 0.717) is 0 Å². The highest BCUT2D eigenvalue weighted by Gasteiger charge is 2.21. The molecule has 3 heteroatoms. The zero-order valence-electron chi connectivity index (χ0n) is 8.53. The van der Waals surface area contributed by atoms with E-state index in [-0.39, 0.29) is 0 Å². The summed E-state index contributed by atoms with van der Waals surface area (Å²) in [5.74, 6) is 0. The second kappa shape index (κ2) is 2.82. The average Bonchev–Trinajstić information content (AvgIpc) is 2.46. The highest BCUT2D eigenvalue weighted by Crippen LogP contribution is 2.30. The van der Waals surface area contributed by atoms with Gasteiger partial charge in [-0.3, -0.25) is 0 Å². The molecule has 0 radical (unpaired) electrons. The summed E-state index contributed by atoms with van der Waals surface area (Å²) >= 11 is 0. The molecule has 1 N–H and O–H groups in total. The van der Waals surface area contributed by atoms with Crippen molar-refractivity contribution < 1.29 is 9.63 Å². The SMILES string of the molecule is Cc1noc2cccc(C(C)(C)O)c12. The van der Waals surface area contributed by atoms with E-state index < -0.39 is 5.60 Å². The smallest absolute Gasteiger partial charge is 0.167 e. The molecule has 74 valence electrons. The van der Waals surface area contributed by atoms with Crippen molar-refractivity contribution in [3.63, 3.8) is 0 Å². The van der Waals surface area contributed by atoms with Gasteiger partial charge in [0.15, 0.2) is 5.58 Å². The van der Waals surface area contributed by atoms with Crippen LogP contribution in [0.15, 0.2) is 22.7 Å². The third-order valence-corrected chi connectivity index (χ3v) is 2.33. The molecule has 0 saturated heterocycles. The minimum Gasteiger partial charge on any atom is -0.386 e. The molecule has 2 aromatic rings. The van der Waals surface area contributed by atoms with Crippen molar-refractivity contribution >= 4 is 11.0 Å². The summed E-state index contributed by atoms with van der Waals surface area (Å²) in [5, 5.41) is 14.8. The quantitative estimate of drug-likeness (QED) is 0.752.